The molecular formula is C16H18N2O3. The average Bonchev–Trinajstić information content (AvgIpc) is 2.90. The molecule has 0 aliphatic heterocycles. The summed E-state index contributed by atoms with van der Waals surface area (Å²) in [5.74, 6) is 2.88. The van der Waals surface area contributed by atoms with E-state index in [-0.39, 0.29) is 17.5 Å². The lowest BCUT2D eigenvalue weighted by Crippen LogP contribution is -2.19. The van der Waals surface area contributed by atoms with Gasteiger partial charge in [0.05, 0.1) is 10.6 Å². The van der Waals surface area contributed by atoms with Gasteiger partial charge in [-0.3, -0.25) is 14.9 Å². The molecule has 5 heteroatoms. The number of amides is 1. The zero-order valence-electron chi connectivity index (χ0n) is 11.9. The van der Waals surface area contributed by atoms with Crippen LogP contribution in [0, 0.1) is 46.6 Å². The first-order chi connectivity index (χ1) is 10.1. The Kier molecular flexibility index (Phi) is 2.62. The van der Waals surface area contributed by atoms with Gasteiger partial charge < -0.3 is 5.32 Å². The van der Waals surface area contributed by atoms with E-state index in [1.165, 1.54) is 31.4 Å². The third kappa shape index (κ3) is 1.87. The first-order valence-corrected chi connectivity index (χ1v) is 7.62. The molecule has 110 valence electrons. The molecule has 1 amide bonds. The van der Waals surface area contributed by atoms with Crippen molar-refractivity contribution in [1.29, 1.82) is 0 Å². The van der Waals surface area contributed by atoms with Crippen LogP contribution in [0.25, 0.3) is 0 Å². The van der Waals surface area contributed by atoms with Gasteiger partial charge in [-0.25, -0.2) is 0 Å². The van der Waals surface area contributed by atoms with E-state index in [0.717, 1.165) is 17.4 Å². The maximum atomic E-state index is 12.5. The van der Waals surface area contributed by atoms with Crippen LogP contribution in [-0.2, 0) is 4.79 Å². The Hall–Kier alpha value is -1.91. The molecule has 1 aromatic carbocycles. The number of hydrogen-bond donors (Lipinski definition) is 1. The largest absolute Gasteiger partial charge is 0.325 e. The lowest BCUT2D eigenvalue weighted by atomic mass is 10.0. The van der Waals surface area contributed by atoms with Crippen LogP contribution >= 0.6 is 0 Å². The molecule has 5 nitrogen and oxygen atoms in total. The predicted molar refractivity (Wildman–Crippen MR) is 77.8 cm³/mol. The van der Waals surface area contributed by atoms with Gasteiger partial charge in [0, 0.05) is 18.1 Å². The van der Waals surface area contributed by atoms with Crippen LogP contribution in [0.5, 0.6) is 0 Å². The van der Waals surface area contributed by atoms with E-state index in [0.29, 0.717) is 17.5 Å². The van der Waals surface area contributed by atoms with Crippen molar-refractivity contribution in [3.8, 4) is 0 Å². The van der Waals surface area contributed by atoms with Crippen molar-refractivity contribution in [2.45, 2.75) is 26.2 Å². The number of aryl methyl sites for hydroxylation is 1. The van der Waals surface area contributed by atoms with E-state index in [4.69, 9.17) is 0 Å². The molecule has 4 rings (SSSR count). The number of nitro groups is 1. The summed E-state index contributed by atoms with van der Waals surface area (Å²) >= 11 is 0. The molecule has 0 saturated heterocycles. The van der Waals surface area contributed by atoms with Crippen molar-refractivity contribution in [2.24, 2.45) is 29.6 Å². The molecule has 3 aliphatic rings. The molecule has 5 atom stereocenters. The minimum Gasteiger partial charge on any atom is -0.325 e. The van der Waals surface area contributed by atoms with Gasteiger partial charge in [-0.2, -0.15) is 0 Å². The van der Waals surface area contributed by atoms with Gasteiger partial charge in [0.2, 0.25) is 5.91 Å². The summed E-state index contributed by atoms with van der Waals surface area (Å²) in [6, 6.07) is 4.61. The predicted octanol–water partition coefficient (Wildman–Crippen LogP) is 3.13. The van der Waals surface area contributed by atoms with Gasteiger partial charge in [0.1, 0.15) is 0 Å². The van der Waals surface area contributed by atoms with Crippen molar-refractivity contribution in [2.75, 3.05) is 5.32 Å². The van der Waals surface area contributed by atoms with Gasteiger partial charge in [-0.15, -0.1) is 0 Å². The van der Waals surface area contributed by atoms with Gasteiger partial charge in [0.15, 0.2) is 0 Å². The number of non-ortho nitro benzene ring substituents is 1. The van der Waals surface area contributed by atoms with E-state index in [2.05, 4.69) is 5.32 Å². The first kappa shape index (κ1) is 12.8. The summed E-state index contributed by atoms with van der Waals surface area (Å²) in [6.07, 6.45) is 3.88. The van der Waals surface area contributed by atoms with E-state index < -0.39 is 4.92 Å². The summed E-state index contributed by atoms with van der Waals surface area (Å²) in [5, 5.41) is 13.8. The molecule has 21 heavy (non-hydrogen) atoms. The fraction of sp³-hybridized carbons (Fsp3) is 0.562. The Morgan fingerprint density at radius 3 is 2.57 bits per heavy atom. The molecule has 3 saturated carbocycles. The van der Waals surface area contributed by atoms with E-state index >= 15 is 0 Å². The Balaban J connectivity index is 1.51. The molecule has 2 bridgehead atoms. The number of fused-ring (bicyclic) bond motifs is 5. The van der Waals surface area contributed by atoms with Crippen LogP contribution in [0.3, 0.4) is 0 Å². The highest BCUT2D eigenvalue weighted by molar-refractivity contribution is 5.96. The van der Waals surface area contributed by atoms with Gasteiger partial charge in [-0.05, 0) is 55.4 Å². The summed E-state index contributed by atoms with van der Waals surface area (Å²) in [5.41, 5.74) is 1.46. The topological polar surface area (TPSA) is 72.2 Å². The third-order valence-electron chi connectivity index (χ3n) is 5.73. The van der Waals surface area contributed by atoms with Crippen molar-refractivity contribution in [3.05, 3.63) is 33.9 Å². The molecule has 1 N–H and O–H groups in total. The Bertz CT molecular complexity index is 626. The Morgan fingerprint density at radius 2 is 1.95 bits per heavy atom. The van der Waals surface area contributed by atoms with Crippen LogP contribution in [0.1, 0.15) is 24.8 Å². The number of hydrogen-bond acceptors (Lipinski definition) is 3. The number of benzene rings is 1. The van der Waals surface area contributed by atoms with Crippen molar-refractivity contribution >= 4 is 17.3 Å². The van der Waals surface area contributed by atoms with Crippen LogP contribution in [0.2, 0.25) is 0 Å². The summed E-state index contributed by atoms with van der Waals surface area (Å²) in [7, 11) is 0. The minimum absolute atomic E-state index is 0.0203. The van der Waals surface area contributed by atoms with Crippen LogP contribution in [-0.4, -0.2) is 10.8 Å². The van der Waals surface area contributed by atoms with Crippen LogP contribution in [0.15, 0.2) is 18.2 Å². The van der Waals surface area contributed by atoms with Gasteiger partial charge in [0.25, 0.3) is 5.69 Å². The molecule has 1 aromatic rings. The molecule has 0 radical (unpaired) electrons. The van der Waals surface area contributed by atoms with E-state index in [1.807, 2.05) is 6.92 Å². The normalized spacial score (nSPS) is 35.4. The number of nitro benzene ring substituents is 1. The standard InChI is InChI=1S/C16H18N2O3/c1-8-2-5-11(18(20)21)7-12(8)17-16(19)15-13-9-3-4-10(6-9)14(13)15/h2,5,7,9-10,13-15H,3-4,6H2,1H3,(H,17,19)/t9-,10-,13-,14+,15?/m0/s1. The van der Waals surface area contributed by atoms with Gasteiger partial charge in [-0.1, -0.05) is 6.07 Å². The highest BCUT2D eigenvalue weighted by atomic mass is 16.6. The van der Waals surface area contributed by atoms with Crippen molar-refractivity contribution in [1.82, 2.24) is 0 Å². The quantitative estimate of drug-likeness (QED) is 0.685. The summed E-state index contributed by atoms with van der Waals surface area (Å²) in [6.45, 7) is 1.86. The monoisotopic (exact) mass is 286 g/mol. The minimum atomic E-state index is -0.429. The lowest BCUT2D eigenvalue weighted by Gasteiger charge is -2.11. The maximum absolute atomic E-state index is 12.5. The average molecular weight is 286 g/mol. The second-order valence-corrected chi connectivity index (χ2v) is 6.76. The molecule has 0 spiro atoms. The second kappa shape index (κ2) is 4.29. The summed E-state index contributed by atoms with van der Waals surface area (Å²) in [4.78, 5) is 22.9. The Morgan fingerprint density at radius 1 is 1.29 bits per heavy atom. The fourth-order valence-electron chi connectivity index (χ4n) is 4.75. The van der Waals surface area contributed by atoms with E-state index in [9.17, 15) is 14.9 Å². The third-order valence-corrected chi connectivity index (χ3v) is 5.73. The number of nitrogens with one attached hydrogen (secondary N) is 1. The van der Waals surface area contributed by atoms with E-state index in [1.54, 1.807) is 6.07 Å². The van der Waals surface area contributed by atoms with Crippen molar-refractivity contribution in [3.63, 3.8) is 0 Å². The number of anilines is 1. The molecular weight excluding hydrogens is 268 g/mol. The smallest absolute Gasteiger partial charge is 0.271 e. The first-order valence-electron chi connectivity index (χ1n) is 7.62. The zero-order chi connectivity index (χ0) is 14.7. The molecule has 1 unspecified atom stereocenters. The molecule has 3 aliphatic carbocycles. The molecule has 3 fully saturated rings. The van der Waals surface area contributed by atoms with Gasteiger partial charge >= 0.3 is 0 Å². The molecule has 0 aromatic heterocycles. The second-order valence-electron chi connectivity index (χ2n) is 6.76. The highest BCUT2D eigenvalue weighted by Gasteiger charge is 2.67. The number of rotatable bonds is 3. The molecule has 0 heterocycles. The van der Waals surface area contributed by atoms with Crippen molar-refractivity contribution < 1.29 is 9.72 Å². The zero-order valence-corrected chi connectivity index (χ0v) is 11.9. The number of nitrogens with zero attached hydrogens (tertiary/aromatic N) is 1. The summed E-state index contributed by atoms with van der Waals surface area (Å²) < 4.78 is 0. The SMILES string of the molecule is Cc1ccc([N+](=O)[O-])cc1NC(=O)C1[C@@H]2[C@H]3CC[C@@H](C3)[C@H]12. The fourth-order valence-corrected chi connectivity index (χ4v) is 4.75. The van der Waals surface area contributed by atoms with Crippen LogP contribution in [0.4, 0.5) is 11.4 Å². The Labute approximate surface area is 122 Å². The maximum Gasteiger partial charge on any atom is 0.271 e. The number of carbonyl (C=O) groups excluding carboxylic acids is 1. The van der Waals surface area contributed by atoms with Crippen LogP contribution < -0.4 is 5.32 Å². The lowest BCUT2D eigenvalue weighted by molar-refractivity contribution is -0.384. The number of carbonyl (C=O) groups is 1. The highest BCUT2D eigenvalue weighted by Crippen LogP contribution is 2.69.